The molecule has 5 unspecified atom stereocenters. The summed E-state index contributed by atoms with van der Waals surface area (Å²) in [5, 5.41) is 13.2. The van der Waals surface area contributed by atoms with E-state index in [-0.39, 0.29) is 11.3 Å². The molecule has 1 aliphatic carbocycles. The third kappa shape index (κ3) is 3.17. The second-order valence-corrected chi connectivity index (χ2v) is 7.25. The van der Waals surface area contributed by atoms with Gasteiger partial charge in [0.1, 0.15) is 0 Å². The van der Waals surface area contributed by atoms with Crippen LogP contribution in [0.1, 0.15) is 53.4 Å². The number of hydrogen-bond donors (Lipinski definition) is 2. The zero-order chi connectivity index (χ0) is 14.9. The first-order valence-corrected chi connectivity index (χ1v) is 7.92. The lowest BCUT2D eigenvalue weighted by atomic mass is 9.61. The Morgan fingerprint density at radius 3 is 2.55 bits per heavy atom. The van der Waals surface area contributed by atoms with Crippen LogP contribution in [0.4, 0.5) is 0 Å². The molecule has 0 radical (unpaired) electrons. The Bertz CT molecular complexity index is 356. The van der Waals surface area contributed by atoms with E-state index in [0.717, 1.165) is 32.3 Å². The highest BCUT2D eigenvalue weighted by atomic mass is 16.5. The summed E-state index contributed by atoms with van der Waals surface area (Å²) in [4.78, 5) is 11.4. The van der Waals surface area contributed by atoms with E-state index in [4.69, 9.17) is 4.74 Å². The molecule has 1 aliphatic heterocycles. The Kier molecular flexibility index (Phi) is 4.75. The Morgan fingerprint density at radius 1 is 1.25 bits per heavy atom. The molecule has 2 rings (SSSR count). The van der Waals surface area contributed by atoms with Crippen molar-refractivity contribution < 1.29 is 14.6 Å². The maximum Gasteiger partial charge on any atom is 0.307 e. The third-order valence-electron chi connectivity index (χ3n) is 5.67. The van der Waals surface area contributed by atoms with Crippen molar-refractivity contribution >= 4 is 5.97 Å². The molecule has 4 nitrogen and oxygen atoms in total. The fourth-order valence-electron chi connectivity index (χ4n) is 3.93. The summed E-state index contributed by atoms with van der Waals surface area (Å²) in [7, 11) is 0. The van der Waals surface area contributed by atoms with Crippen molar-refractivity contribution in [3.8, 4) is 0 Å². The molecule has 0 aromatic rings. The zero-order valence-electron chi connectivity index (χ0n) is 13.2. The molecular weight excluding hydrogens is 254 g/mol. The molecule has 1 heterocycles. The van der Waals surface area contributed by atoms with Crippen molar-refractivity contribution in [1.29, 1.82) is 0 Å². The molecule has 1 saturated heterocycles. The molecule has 20 heavy (non-hydrogen) atoms. The molecule has 0 amide bonds. The summed E-state index contributed by atoms with van der Waals surface area (Å²) in [5.41, 5.74) is -0.154. The first-order chi connectivity index (χ1) is 9.32. The van der Waals surface area contributed by atoms with E-state index in [1.165, 1.54) is 0 Å². The van der Waals surface area contributed by atoms with E-state index in [9.17, 15) is 9.90 Å². The van der Waals surface area contributed by atoms with Gasteiger partial charge in [0.15, 0.2) is 0 Å². The lowest BCUT2D eigenvalue weighted by molar-refractivity contribution is -0.150. The average Bonchev–Trinajstić information content (AvgIpc) is 2.34. The minimum Gasteiger partial charge on any atom is -0.481 e. The highest BCUT2D eigenvalue weighted by Crippen LogP contribution is 2.45. The molecular formula is C16H29NO3. The first-order valence-electron chi connectivity index (χ1n) is 7.92. The van der Waals surface area contributed by atoms with E-state index in [1.54, 1.807) is 0 Å². The molecule has 0 aromatic heterocycles. The van der Waals surface area contributed by atoms with Gasteiger partial charge >= 0.3 is 5.97 Å². The quantitative estimate of drug-likeness (QED) is 0.836. The van der Waals surface area contributed by atoms with Crippen LogP contribution in [0.25, 0.3) is 0 Å². The third-order valence-corrected chi connectivity index (χ3v) is 5.67. The Balaban J connectivity index is 1.98. The van der Waals surface area contributed by atoms with Crippen LogP contribution < -0.4 is 5.32 Å². The van der Waals surface area contributed by atoms with Gasteiger partial charge in [-0.25, -0.2) is 0 Å². The highest BCUT2D eigenvalue weighted by molar-refractivity contribution is 5.71. The summed E-state index contributed by atoms with van der Waals surface area (Å²) < 4.78 is 5.60. The maximum absolute atomic E-state index is 11.4. The van der Waals surface area contributed by atoms with Crippen molar-refractivity contribution in [2.75, 3.05) is 6.61 Å². The fourth-order valence-corrected chi connectivity index (χ4v) is 3.93. The van der Waals surface area contributed by atoms with Crippen LogP contribution >= 0.6 is 0 Å². The van der Waals surface area contributed by atoms with Crippen LogP contribution in [0.15, 0.2) is 0 Å². The number of carbonyl (C=O) groups is 1. The molecule has 4 heteroatoms. The SMILES string of the molecule is CC1CC(NC2CCC(C(=O)O)C(C)(C)C2C)CCO1. The summed E-state index contributed by atoms with van der Waals surface area (Å²) in [6.07, 6.45) is 4.21. The lowest BCUT2D eigenvalue weighted by Crippen LogP contribution is -2.54. The van der Waals surface area contributed by atoms with Crippen molar-refractivity contribution in [3.63, 3.8) is 0 Å². The fraction of sp³-hybridized carbons (Fsp3) is 0.938. The van der Waals surface area contributed by atoms with Gasteiger partial charge in [-0.2, -0.15) is 0 Å². The summed E-state index contributed by atoms with van der Waals surface area (Å²) in [5.74, 6) is -0.486. The van der Waals surface area contributed by atoms with Crippen molar-refractivity contribution in [2.45, 2.75) is 71.6 Å². The van der Waals surface area contributed by atoms with Crippen LogP contribution in [0.5, 0.6) is 0 Å². The average molecular weight is 283 g/mol. The molecule has 0 bridgehead atoms. The largest absolute Gasteiger partial charge is 0.481 e. The van der Waals surface area contributed by atoms with Crippen molar-refractivity contribution in [2.24, 2.45) is 17.3 Å². The number of ether oxygens (including phenoxy) is 1. The van der Waals surface area contributed by atoms with Crippen LogP contribution in [0.3, 0.4) is 0 Å². The van der Waals surface area contributed by atoms with Gasteiger partial charge in [0.25, 0.3) is 0 Å². The minimum absolute atomic E-state index is 0.154. The molecule has 5 atom stereocenters. The van der Waals surface area contributed by atoms with Crippen LogP contribution in [0, 0.1) is 17.3 Å². The number of rotatable bonds is 3. The van der Waals surface area contributed by atoms with Gasteiger partial charge in [-0.05, 0) is 43.9 Å². The number of carboxylic acid groups (broad SMARTS) is 1. The van der Waals surface area contributed by atoms with Gasteiger partial charge in [-0.3, -0.25) is 4.79 Å². The number of carboxylic acids is 1. The van der Waals surface area contributed by atoms with E-state index in [2.05, 4.69) is 33.0 Å². The molecule has 0 spiro atoms. The van der Waals surface area contributed by atoms with Gasteiger partial charge in [-0.1, -0.05) is 20.8 Å². The van der Waals surface area contributed by atoms with Crippen LogP contribution in [-0.2, 0) is 9.53 Å². The number of hydrogen-bond acceptors (Lipinski definition) is 3. The van der Waals surface area contributed by atoms with Gasteiger partial charge in [0.2, 0.25) is 0 Å². The van der Waals surface area contributed by atoms with Crippen molar-refractivity contribution in [3.05, 3.63) is 0 Å². The standard InChI is InChI=1S/C16H29NO3/c1-10-9-12(7-8-20-10)17-14-6-5-13(15(18)19)16(3,4)11(14)2/h10-14,17H,5-9H2,1-4H3,(H,18,19). The van der Waals surface area contributed by atoms with Gasteiger partial charge in [0.05, 0.1) is 12.0 Å². The van der Waals surface area contributed by atoms with E-state index in [1.807, 2.05) is 0 Å². The summed E-state index contributed by atoms with van der Waals surface area (Å²) >= 11 is 0. The molecule has 116 valence electrons. The first kappa shape index (κ1) is 15.8. The lowest BCUT2D eigenvalue weighted by Gasteiger charge is -2.47. The monoisotopic (exact) mass is 283 g/mol. The highest BCUT2D eigenvalue weighted by Gasteiger charge is 2.46. The smallest absolute Gasteiger partial charge is 0.307 e. The predicted molar refractivity (Wildman–Crippen MR) is 78.7 cm³/mol. The molecule has 2 N–H and O–H groups in total. The van der Waals surface area contributed by atoms with Crippen molar-refractivity contribution in [1.82, 2.24) is 5.32 Å². The molecule has 1 saturated carbocycles. The topological polar surface area (TPSA) is 58.6 Å². The zero-order valence-corrected chi connectivity index (χ0v) is 13.2. The molecule has 2 aliphatic rings. The van der Waals surface area contributed by atoms with E-state index < -0.39 is 5.97 Å². The van der Waals surface area contributed by atoms with Gasteiger partial charge in [-0.15, -0.1) is 0 Å². The van der Waals surface area contributed by atoms with Gasteiger partial charge in [0, 0.05) is 18.7 Å². The molecule has 2 fully saturated rings. The van der Waals surface area contributed by atoms with Crippen LogP contribution in [-0.4, -0.2) is 35.9 Å². The molecule has 0 aromatic carbocycles. The minimum atomic E-state index is -0.639. The normalized spacial score (nSPS) is 41.3. The summed E-state index contributed by atoms with van der Waals surface area (Å²) in [6, 6.07) is 0.944. The Labute approximate surface area is 122 Å². The van der Waals surface area contributed by atoms with E-state index in [0.29, 0.717) is 24.1 Å². The number of nitrogens with one attached hydrogen (secondary N) is 1. The Hall–Kier alpha value is -0.610. The predicted octanol–water partition coefficient (Wildman–Crippen LogP) is 2.67. The van der Waals surface area contributed by atoms with Gasteiger partial charge < -0.3 is 15.2 Å². The van der Waals surface area contributed by atoms with E-state index >= 15 is 0 Å². The Morgan fingerprint density at radius 2 is 1.95 bits per heavy atom. The van der Waals surface area contributed by atoms with Crippen LogP contribution in [0.2, 0.25) is 0 Å². The second kappa shape index (κ2) is 6.02. The second-order valence-electron chi connectivity index (χ2n) is 7.25. The number of aliphatic carboxylic acids is 1. The summed E-state index contributed by atoms with van der Waals surface area (Å²) in [6.45, 7) is 9.38. The maximum atomic E-state index is 11.4.